The molecule has 0 unspecified atom stereocenters. The predicted molar refractivity (Wildman–Crippen MR) is 60.5 cm³/mol. The maximum absolute atomic E-state index is 11.3. The molecular formula is C11H14N2O3. The first-order valence-corrected chi connectivity index (χ1v) is 4.93. The van der Waals surface area contributed by atoms with E-state index in [2.05, 4.69) is 10.6 Å². The molecule has 0 atom stereocenters. The Labute approximate surface area is 93.8 Å². The van der Waals surface area contributed by atoms with Crippen molar-refractivity contribution in [3.63, 3.8) is 0 Å². The zero-order chi connectivity index (χ0) is 12.0. The molecule has 5 heteroatoms. The lowest BCUT2D eigenvalue weighted by Gasteiger charge is -2.06. The minimum Gasteiger partial charge on any atom is -0.450 e. The van der Waals surface area contributed by atoms with E-state index in [1.165, 1.54) is 0 Å². The van der Waals surface area contributed by atoms with Gasteiger partial charge in [0.25, 0.3) is 5.91 Å². The van der Waals surface area contributed by atoms with Gasteiger partial charge in [0.05, 0.1) is 6.61 Å². The van der Waals surface area contributed by atoms with E-state index in [-0.39, 0.29) is 5.91 Å². The summed E-state index contributed by atoms with van der Waals surface area (Å²) in [6.07, 6.45) is -0.531. The number of carbonyl (C=O) groups is 2. The monoisotopic (exact) mass is 222 g/mol. The average molecular weight is 222 g/mol. The van der Waals surface area contributed by atoms with Gasteiger partial charge in [-0.3, -0.25) is 10.1 Å². The summed E-state index contributed by atoms with van der Waals surface area (Å²) in [6, 6.07) is 6.61. The first-order valence-electron chi connectivity index (χ1n) is 4.93. The van der Waals surface area contributed by atoms with Gasteiger partial charge >= 0.3 is 6.09 Å². The van der Waals surface area contributed by atoms with Gasteiger partial charge < -0.3 is 10.1 Å². The van der Waals surface area contributed by atoms with Gasteiger partial charge in [-0.2, -0.15) is 0 Å². The SMILES string of the molecule is CCOC(=O)Nc1cccc(C(=O)NC)c1. The number of carbonyl (C=O) groups excluding carboxylic acids is 2. The molecule has 0 heterocycles. The molecule has 0 aliphatic carbocycles. The Morgan fingerprint density at radius 3 is 2.75 bits per heavy atom. The molecule has 1 aromatic rings. The molecule has 1 aromatic carbocycles. The van der Waals surface area contributed by atoms with Gasteiger partial charge in [-0.1, -0.05) is 6.07 Å². The van der Waals surface area contributed by atoms with Gasteiger partial charge in [-0.25, -0.2) is 4.79 Å². The number of nitrogens with one attached hydrogen (secondary N) is 2. The standard InChI is InChI=1S/C11H14N2O3/c1-3-16-11(15)13-9-6-4-5-8(7-9)10(14)12-2/h4-7H,3H2,1-2H3,(H,12,14)(H,13,15). The summed E-state index contributed by atoms with van der Waals surface area (Å²) in [4.78, 5) is 22.5. The van der Waals surface area contributed by atoms with Crippen LogP contribution in [0.25, 0.3) is 0 Å². The highest BCUT2D eigenvalue weighted by molar-refractivity contribution is 5.96. The van der Waals surface area contributed by atoms with E-state index < -0.39 is 6.09 Å². The van der Waals surface area contributed by atoms with Crippen molar-refractivity contribution < 1.29 is 14.3 Å². The molecule has 0 spiro atoms. The zero-order valence-corrected chi connectivity index (χ0v) is 9.24. The Bertz CT molecular complexity index is 391. The molecule has 1 rings (SSSR count). The first-order chi connectivity index (χ1) is 7.67. The number of amides is 2. The van der Waals surface area contributed by atoms with E-state index in [0.29, 0.717) is 17.9 Å². The van der Waals surface area contributed by atoms with Crippen molar-refractivity contribution in [2.45, 2.75) is 6.92 Å². The fourth-order valence-electron chi connectivity index (χ4n) is 1.17. The van der Waals surface area contributed by atoms with E-state index in [1.807, 2.05) is 0 Å². The van der Waals surface area contributed by atoms with Gasteiger partial charge in [0.1, 0.15) is 0 Å². The second-order valence-electron chi connectivity index (χ2n) is 3.01. The third-order valence-electron chi connectivity index (χ3n) is 1.87. The summed E-state index contributed by atoms with van der Waals surface area (Å²) in [7, 11) is 1.55. The number of benzene rings is 1. The van der Waals surface area contributed by atoms with Crippen LogP contribution in [0.5, 0.6) is 0 Å². The van der Waals surface area contributed by atoms with Crippen molar-refractivity contribution in [1.29, 1.82) is 0 Å². The maximum Gasteiger partial charge on any atom is 0.411 e. The van der Waals surface area contributed by atoms with Crippen molar-refractivity contribution >= 4 is 17.7 Å². The van der Waals surface area contributed by atoms with Crippen LogP contribution in [0.3, 0.4) is 0 Å². The highest BCUT2D eigenvalue weighted by atomic mass is 16.5. The summed E-state index contributed by atoms with van der Waals surface area (Å²) in [5.41, 5.74) is 1.01. The number of ether oxygens (including phenoxy) is 1. The normalized spacial score (nSPS) is 9.38. The molecule has 0 aliphatic rings. The highest BCUT2D eigenvalue weighted by Gasteiger charge is 2.06. The Hall–Kier alpha value is -2.04. The highest BCUT2D eigenvalue weighted by Crippen LogP contribution is 2.10. The number of anilines is 1. The fourth-order valence-corrected chi connectivity index (χ4v) is 1.17. The van der Waals surface area contributed by atoms with E-state index >= 15 is 0 Å². The smallest absolute Gasteiger partial charge is 0.411 e. The number of rotatable bonds is 3. The van der Waals surface area contributed by atoms with Crippen LogP contribution in [0.15, 0.2) is 24.3 Å². The molecule has 16 heavy (non-hydrogen) atoms. The molecule has 0 aliphatic heterocycles. The Morgan fingerprint density at radius 2 is 2.12 bits per heavy atom. The first kappa shape index (κ1) is 12.0. The van der Waals surface area contributed by atoms with Crippen molar-refractivity contribution in [1.82, 2.24) is 5.32 Å². The average Bonchev–Trinajstić information content (AvgIpc) is 2.28. The van der Waals surface area contributed by atoms with Crippen molar-refractivity contribution in [3.05, 3.63) is 29.8 Å². The largest absolute Gasteiger partial charge is 0.450 e. The molecule has 0 saturated carbocycles. The molecule has 0 aromatic heterocycles. The molecular weight excluding hydrogens is 208 g/mol. The van der Waals surface area contributed by atoms with Gasteiger partial charge in [0.15, 0.2) is 0 Å². The summed E-state index contributed by atoms with van der Waals surface area (Å²) in [5.74, 6) is -0.201. The fraction of sp³-hybridized carbons (Fsp3) is 0.273. The lowest BCUT2D eigenvalue weighted by Crippen LogP contribution is -2.18. The van der Waals surface area contributed by atoms with Crippen LogP contribution in [-0.4, -0.2) is 25.7 Å². The second-order valence-corrected chi connectivity index (χ2v) is 3.01. The van der Waals surface area contributed by atoms with Crippen LogP contribution in [0.4, 0.5) is 10.5 Å². The molecule has 0 saturated heterocycles. The van der Waals surface area contributed by atoms with Crippen LogP contribution >= 0.6 is 0 Å². The summed E-state index contributed by atoms with van der Waals surface area (Å²) >= 11 is 0. The van der Waals surface area contributed by atoms with Crippen molar-refractivity contribution in [2.24, 2.45) is 0 Å². The predicted octanol–water partition coefficient (Wildman–Crippen LogP) is 1.61. The van der Waals surface area contributed by atoms with Crippen molar-refractivity contribution in [3.8, 4) is 0 Å². The third-order valence-corrected chi connectivity index (χ3v) is 1.87. The van der Waals surface area contributed by atoms with E-state index in [4.69, 9.17) is 4.74 Å². The summed E-state index contributed by atoms with van der Waals surface area (Å²) < 4.78 is 4.72. The molecule has 2 N–H and O–H groups in total. The summed E-state index contributed by atoms with van der Waals surface area (Å²) in [5, 5.41) is 5.03. The zero-order valence-electron chi connectivity index (χ0n) is 9.24. The van der Waals surface area contributed by atoms with Crippen LogP contribution < -0.4 is 10.6 Å². The minimum atomic E-state index is -0.531. The quantitative estimate of drug-likeness (QED) is 0.816. The van der Waals surface area contributed by atoms with Gasteiger partial charge in [0, 0.05) is 18.3 Å². The van der Waals surface area contributed by atoms with Gasteiger partial charge in [-0.15, -0.1) is 0 Å². The van der Waals surface area contributed by atoms with Crippen molar-refractivity contribution in [2.75, 3.05) is 19.0 Å². The molecule has 0 radical (unpaired) electrons. The molecule has 86 valence electrons. The van der Waals surface area contributed by atoms with Gasteiger partial charge in [0.2, 0.25) is 0 Å². The summed E-state index contributed by atoms with van der Waals surface area (Å²) in [6.45, 7) is 2.03. The Balaban J connectivity index is 2.74. The maximum atomic E-state index is 11.3. The van der Waals surface area contributed by atoms with E-state index in [0.717, 1.165) is 0 Å². The van der Waals surface area contributed by atoms with E-state index in [1.54, 1.807) is 38.2 Å². The third kappa shape index (κ3) is 3.27. The lowest BCUT2D eigenvalue weighted by molar-refractivity contribution is 0.0963. The second kappa shape index (κ2) is 5.75. The van der Waals surface area contributed by atoms with E-state index in [9.17, 15) is 9.59 Å². The van der Waals surface area contributed by atoms with Crippen LogP contribution in [-0.2, 0) is 4.74 Å². The van der Waals surface area contributed by atoms with Crippen LogP contribution in [0.2, 0.25) is 0 Å². The number of hydrogen-bond donors (Lipinski definition) is 2. The van der Waals surface area contributed by atoms with Crippen LogP contribution in [0, 0.1) is 0 Å². The Kier molecular flexibility index (Phi) is 4.32. The topological polar surface area (TPSA) is 67.4 Å². The van der Waals surface area contributed by atoms with Crippen LogP contribution in [0.1, 0.15) is 17.3 Å². The molecule has 5 nitrogen and oxygen atoms in total. The molecule has 0 bridgehead atoms. The lowest BCUT2D eigenvalue weighted by atomic mass is 10.2. The molecule has 2 amide bonds. The Morgan fingerprint density at radius 1 is 1.38 bits per heavy atom. The minimum absolute atomic E-state index is 0.201. The van der Waals surface area contributed by atoms with Gasteiger partial charge in [-0.05, 0) is 25.1 Å². The number of hydrogen-bond acceptors (Lipinski definition) is 3. The molecule has 0 fully saturated rings.